The smallest absolute Gasteiger partial charge is 0.263 e. The predicted molar refractivity (Wildman–Crippen MR) is 96.0 cm³/mol. The molecule has 4 rings (SSSR count). The number of H-pyrrole nitrogens is 1. The summed E-state index contributed by atoms with van der Waals surface area (Å²) in [6, 6.07) is 8.12. The number of nitrogens with zero attached hydrogens (tertiary/aromatic N) is 3. The van der Waals surface area contributed by atoms with Crippen molar-refractivity contribution in [1.29, 1.82) is 0 Å². The van der Waals surface area contributed by atoms with E-state index in [1.54, 1.807) is 13.3 Å². The van der Waals surface area contributed by atoms with Crippen molar-refractivity contribution in [2.75, 3.05) is 12.4 Å². The molecule has 3 aromatic rings. The molecular weight excluding hydrogens is 318 g/mol. The van der Waals surface area contributed by atoms with Gasteiger partial charge in [-0.3, -0.25) is 9.78 Å². The van der Waals surface area contributed by atoms with E-state index in [1.807, 2.05) is 28.9 Å². The number of anilines is 1. The molecule has 0 spiro atoms. The van der Waals surface area contributed by atoms with Gasteiger partial charge in [0.05, 0.1) is 19.3 Å². The monoisotopic (exact) mass is 339 g/mol. The van der Waals surface area contributed by atoms with Gasteiger partial charge in [-0.15, -0.1) is 0 Å². The van der Waals surface area contributed by atoms with E-state index in [0.29, 0.717) is 29.6 Å². The van der Waals surface area contributed by atoms with E-state index in [-0.39, 0.29) is 5.56 Å². The van der Waals surface area contributed by atoms with Crippen LogP contribution in [0.1, 0.15) is 37.3 Å². The fourth-order valence-electron chi connectivity index (χ4n) is 3.37. The molecule has 1 fully saturated rings. The van der Waals surface area contributed by atoms with Gasteiger partial charge < -0.3 is 10.1 Å². The van der Waals surface area contributed by atoms with Gasteiger partial charge >= 0.3 is 0 Å². The minimum Gasteiger partial charge on any atom is -0.497 e. The molecule has 2 N–H and O–H groups in total. The van der Waals surface area contributed by atoms with Crippen LogP contribution in [0.5, 0.6) is 5.75 Å². The van der Waals surface area contributed by atoms with E-state index in [4.69, 9.17) is 4.74 Å². The largest absolute Gasteiger partial charge is 0.497 e. The first-order valence-electron chi connectivity index (χ1n) is 8.59. The molecule has 7 nitrogen and oxygen atoms in total. The lowest BCUT2D eigenvalue weighted by Crippen LogP contribution is -2.15. The third-order valence-corrected chi connectivity index (χ3v) is 4.75. The van der Waals surface area contributed by atoms with Gasteiger partial charge in [0.15, 0.2) is 5.65 Å². The number of hydrogen-bond acceptors (Lipinski definition) is 5. The highest BCUT2D eigenvalue weighted by Crippen LogP contribution is 2.30. The van der Waals surface area contributed by atoms with E-state index < -0.39 is 0 Å². The van der Waals surface area contributed by atoms with Crippen molar-refractivity contribution >= 4 is 17.0 Å². The maximum Gasteiger partial charge on any atom is 0.263 e. The highest BCUT2D eigenvalue weighted by molar-refractivity contribution is 5.74. The summed E-state index contributed by atoms with van der Waals surface area (Å²) < 4.78 is 7.07. The lowest BCUT2D eigenvalue weighted by Gasteiger charge is -2.11. The minimum atomic E-state index is -0.161. The van der Waals surface area contributed by atoms with Gasteiger partial charge in [-0.25, -0.2) is 4.68 Å². The van der Waals surface area contributed by atoms with E-state index in [0.717, 1.165) is 24.2 Å². The van der Waals surface area contributed by atoms with E-state index >= 15 is 0 Å². The maximum atomic E-state index is 12.3. The Morgan fingerprint density at radius 2 is 2.04 bits per heavy atom. The van der Waals surface area contributed by atoms with Gasteiger partial charge in [0, 0.05) is 6.54 Å². The van der Waals surface area contributed by atoms with Gasteiger partial charge in [-0.05, 0) is 30.5 Å². The Labute approximate surface area is 145 Å². The standard InChI is InChI=1S/C18H21N5O2/c1-25-14-8-6-12(7-9-14)10-19-18-21-16-15(17(24)22-18)11-20-23(16)13-4-2-3-5-13/h6-9,11,13H,2-5,10H2,1H3,(H2,19,21,22,24). The quantitative estimate of drug-likeness (QED) is 0.747. The van der Waals surface area contributed by atoms with Crippen LogP contribution in [0.3, 0.4) is 0 Å². The lowest BCUT2D eigenvalue weighted by molar-refractivity contribution is 0.414. The van der Waals surface area contributed by atoms with Gasteiger partial charge in [0.2, 0.25) is 5.95 Å². The fraction of sp³-hybridized carbons (Fsp3) is 0.389. The molecule has 0 radical (unpaired) electrons. The van der Waals surface area contributed by atoms with Crippen molar-refractivity contribution in [2.24, 2.45) is 0 Å². The second-order valence-electron chi connectivity index (χ2n) is 6.38. The Bertz CT molecular complexity index is 923. The maximum absolute atomic E-state index is 12.3. The second-order valence-corrected chi connectivity index (χ2v) is 6.38. The van der Waals surface area contributed by atoms with E-state index in [2.05, 4.69) is 20.4 Å². The van der Waals surface area contributed by atoms with Crippen LogP contribution < -0.4 is 15.6 Å². The molecule has 0 saturated heterocycles. The zero-order valence-corrected chi connectivity index (χ0v) is 14.2. The van der Waals surface area contributed by atoms with Crippen LogP contribution in [0.4, 0.5) is 5.95 Å². The molecule has 0 unspecified atom stereocenters. The highest BCUT2D eigenvalue weighted by atomic mass is 16.5. The van der Waals surface area contributed by atoms with Gasteiger partial charge in [-0.1, -0.05) is 25.0 Å². The van der Waals surface area contributed by atoms with Crippen molar-refractivity contribution in [3.05, 3.63) is 46.4 Å². The number of benzene rings is 1. The Kier molecular flexibility index (Phi) is 4.13. The number of aromatic nitrogens is 4. The van der Waals surface area contributed by atoms with Crippen molar-refractivity contribution in [3.63, 3.8) is 0 Å². The number of methoxy groups -OCH3 is 1. The lowest BCUT2D eigenvalue weighted by atomic mass is 10.2. The number of ether oxygens (including phenoxy) is 1. The van der Waals surface area contributed by atoms with Crippen molar-refractivity contribution in [3.8, 4) is 5.75 Å². The Balaban J connectivity index is 1.58. The molecular formula is C18H21N5O2. The summed E-state index contributed by atoms with van der Waals surface area (Å²) in [5.74, 6) is 1.28. The van der Waals surface area contributed by atoms with Crippen molar-refractivity contribution in [2.45, 2.75) is 38.3 Å². The molecule has 7 heteroatoms. The molecule has 0 amide bonds. The molecule has 25 heavy (non-hydrogen) atoms. The molecule has 1 aliphatic carbocycles. The third kappa shape index (κ3) is 3.09. The summed E-state index contributed by atoms with van der Waals surface area (Å²) in [4.78, 5) is 19.7. The molecule has 0 atom stereocenters. The zero-order chi connectivity index (χ0) is 17.2. The molecule has 1 aromatic carbocycles. The fourth-order valence-corrected chi connectivity index (χ4v) is 3.37. The molecule has 2 heterocycles. The average Bonchev–Trinajstić information content (AvgIpc) is 3.29. The summed E-state index contributed by atoms with van der Waals surface area (Å²) in [7, 11) is 1.64. The normalized spacial score (nSPS) is 14.9. The van der Waals surface area contributed by atoms with Crippen LogP contribution >= 0.6 is 0 Å². The van der Waals surface area contributed by atoms with Crippen LogP contribution in [0, 0.1) is 0 Å². The van der Waals surface area contributed by atoms with Gasteiger partial charge in [0.1, 0.15) is 11.1 Å². The van der Waals surface area contributed by atoms with Gasteiger partial charge in [-0.2, -0.15) is 10.1 Å². The van der Waals surface area contributed by atoms with Crippen LogP contribution in [0.15, 0.2) is 35.3 Å². The van der Waals surface area contributed by atoms with Crippen molar-refractivity contribution in [1.82, 2.24) is 19.7 Å². The van der Waals surface area contributed by atoms with E-state index in [9.17, 15) is 4.79 Å². The molecule has 130 valence electrons. The average molecular weight is 339 g/mol. The molecule has 2 aromatic heterocycles. The zero-order valence-electron chi connectivity index (χ0n) is 14.2. The summed E-state index contributed by atoms with van der Waals surface area (Å²) in [6.07, 6.45) is 6.22. The number of rotatable bonds is 5. The summed E-state index contributed by atoms with van der Waals surface area (Å²) >= 11 is 0. The second kappa shape index (κ2) is 6.58. The number of aromatic amines is 1. The number of hydrogen-bond donors (Lipinski definition) is 2. The van der Waals surface area contributed by atoms with Crippen LogP contribution in [0.25, 0.3) is 11.0 Å². The Morgan fingerprint density at radius 1 is 1.28 bits per heavy atom. The minimum absolute atomic E-state index is 0.161. The van der Waals surface area contributed by atoms with Crippen LogP contribution in [-0.2, 0) is 6.54 Å². The third-order valence-electron chi connectivity index (χ3n) is 4.75. The first-order valence-corrected chi connectivity index (χ1v) is 8.59. The van der Waals surface area contributed by atoms with Crippen molar-refractivity contribution < 1.29 is 4.74 Å². The topological polar surface area (TPSA) is 84.8 Å². The molecule has 0 bridgehead atoms. The predicted octanol–water partition coefficient (Wildman–Crippen LogP) is 2.86. The SMILES string of the molecule is COc1ccc(CNc2nc3c(cnn3C3CCCC3)c(=O)[nH]2)cc1. The number of fused-ring (bicyclic) bond motifs is 1. The summed E-state index contributed by atoms with van der Waals surface area (Å²) in [5.41, 5.74) is 1.58. The van der Waals surface area contributed by atoms with Gasteiger partial charge in [0.25, 0.3) is 5.56 Å². The number of nitrogens with one attached hydrogen (secondary N) is 2. The molecule has 0 aliphatic heterocycles. The molecule has 1 saturated carbocycles. The Hall–Kier alpha value is -2.83. The van der Waals surface area contributed by atoms with Crippen LogP contribution in [-0.4, -0.2) is 26.9 Å². The Morgan fingerprint density at radius 3 is 2.76 bits per heavy atom. The van der Waals surface area contributed by atoms with Crippen LogP contribution in [0.2, 0.25) is 0 Å². The summed E-state index contributed by atoms with van der Waals surface area (Å²) in [6.45, 7) is 0.565. The summed E-state index contributed by atoms with van der Waals surface area (Å²) in [5, 5.41) is 8.14. The first-order chi connectivity index (χ1) is 12.2. The first kappa shape index (κ1) is 15.7. The highest BCUT2D eigenvalue weighted by Gasteiger charge is 2.21. The molecule has 1 aliphatic rings. The van der Waals surface area contributed by atoms with E-state index in [1.165, 1.54) is 12.8 Å².